The second-order valence-corrected chi connectivity index (χ2v) is 3.45. The molecule has 0 spiro atoms. The Morgan fingerprint density at radius 2 is 2.30 bits per heavy atom. The molecule has 1 saturated carbocycles. The van der Waals surface area contributed by atoms with Crippen LogP contribution in [-0.2, 0) is 0 Å². The van der Waals surface area contributed by atoms with E-state index in [1.807, 2.05) is 0 Å². The minimum absolute atomic E-state index is 0.212. The van der Waals surface area contributed by atoms with E-state index in [9.17, 15) is 0 Å². The summed E-state index contributed by atoms with van der Waals surface area (Å²) < 4.78 is 0. The third kappa shape index (κ3) is 0.741. The van der Waals surface area contributed by atoms with E-state index in [0.717, 1.165) is 18.4 Å². The zero-order chi connectivity index (χ0) is 7.14. The van der Waals surface area contributed by atoms with E-state index in [1.165, 1.54) is 12.8 Å². The van der Waals surface area contributed by atoms with Crippen molar-refractivity contribution in [1.29, 1.82) is 5.26 Å². The first kappa shape index (κ1) is 6.18. The number of hydrogen-bond acceptors (Lipinski definition) is 2. The first-order chi connectivity index (χ1) is 4.83. The minimum Gasteiger partial charge on any atom is -0.288 e. The number of piperidine rings is 1. The van der Waals surface area contributed by atoms with Crippen LogP contribution in [-0.4, -0.2) is 24.0 Å². The van der Waals surface area contributed by atoms with Crippen LogP contribution in [0.3, 0.4) is 0 Å². The molecule has 0 N–H and O–H groups in total. The maximum Gasteiger partial charge on any atom is 0.0978 e. The number of rotatable bonds is 0. The molecule has 2 fully saturated rings. The summed E-state index contributed by atoms with van der Waals surface area (Å²) >= 11 is 0. The molecule has 0 aromatic rings. The van der Waals surface area contributed by atoms with Gasteiger partial charge >= 0.3 is 0 Å². The lowest BCUT2D eigenvalue weighted by molar-refractivity contribution is 0.214. The molecule has 2 nitrogen and oxygen atoms in total. The number of likely N-dealkylation sites (tertiary alicyclic amines) is 1. The lowest BCUT2D eigenvalue weighted by atomic mass is 10.0. The van der Waals surface area contributed by atoms with E-state index < -0.39 is 0 Å². The van der Waals surface area contributed by atoms with Crippen LogP contribution >= 0.6 is 0 Å². The Hall–Kier alpha value is -0.550. The molecular formula is C8H12N2. The Labute approximate surface area is 61.4 Å². The number of fused-ring (bicyclic) bond motifs is 1. The Kier molecular flexibility index (Phi) is 1.21. The molecular weight excluding hydrogens is 124 g/mol. The van der Waals surface area contributed by atoms with Crippen molar-refractivity contribution in [3.05, 3.63) is 0 Å². The van der Waals surface area contributed by atoms with Gasteiger partial charge in [0.25, 0.3) is 0 Å². The fraction of sp³-hybridized carbons (Fsp3) is 0.875. The van der Waals surface area contributed by atoms with E-state index in [0.29, 0.717) is 0 Å². The number of hydrogen-bond donors (Lipinski definition) is 0. The molecule has 10 heavy (non-hydrogen) atoms. The average Bonchev–Trinajstić information content (AvgIpc) is 2.68. The fourth-order valence-corrected chi connectivity index (χ4v) is 2.00. The first-order valence-corrected chi connectivity index (χ1v) is 3.94. The Morgan fingerprint density at radius 1 is 1.50 bits per heavy atom. The van der Waals surface area contributed by atoms with Gasteiger partial charge in [-0.15, -0.1) is 0 Å². The third-order valence-corrected chi connectivity index (χ3v) is 2.86. The molecule has 1 heterocycles. The Bertz CT molecular complexity index is 182. The Morgan fingerprint density at radius 3 is 3.00 bits per heavy atom. The van der Waals surface area contributed by atoms with Gasteiger partial charge in [0, 0.05) is 6.04 Å². The molecule has 54 valence electrons. The quantitative estimate of drug-likeness (QED) is 0.496. The molecule has 2 heteroatoms. The van der Waals surface area contributed by atoms with Crippen molar-refractivity contribution in [3.8, 4) is 6.07 Å². The largest absolute Gasteiger partial charge is 0.288 e. The van der Waals surface area contributed by atoms with Crippen molar-refractivity contribution in [2.75, 3.05) is 7.05 Å². The summed E-state index contributed by atoms with van der Waals surface area (Å²) in [5.74, 6) is 0.939. The molecule has 0 amide bonds. The lowest BCUT2D eigenvalue weighted by Crippen LogP contribution is -2.36. The second-order valence-electron chi connectivity index (χ2n) is 3.45. The topological polar surface area (TPSA) is 27.0 Å². The maximum absolute atomic E-state index is 8.71. The van der Waals surface area contributed by atoms with Gasteiger partial charge in [0.05, 0.1) is 12.1 Å². The van der Waals surface area contributed by atoms with Gasteiger partial charge in [-0.3, -0.25) is 4.90 Å². The summed E-state index contributed by atoms with van der Waals surface area (Å²) in [6.07, 6.45) is 3.72. The van der Waals surface area contributed by atoms with Crippen LogP contribution in [0.5, 0.6) is 0 Å². The molecule has 2 rings (SSSR count). The van der Waals surface area contributed by atoms with Crippen LogP contribution in [0.4, 0.5) is 0 Å². The van der Waals surface area contributed by atoms with E-state index >= 15 is 0 Å². The summed E-state index contributed by atoms with van der Waals surface area (Å²) in [7, 11) is 2.08. The summed E-state index contributed by atoms with van der Waals surface area (Å²) in [6, 6.07) is 3.31. The van der Waals surface area contributed by atoms with Crippen molar-refractivity contribution < 1.29 is 0 Å². The smallest absolute Gasteiger partial charge is 0.0978 e. The van der Waals surface area contributed by atoms with Gasteiger partial charge in [-0.05, 0) is 32.2 Å². The highest BCUT2D eigenvalue weighted by Crippen LogP contribution is 2.44. The van der Waals surface area contributed by atoms with Gasteiger partial charge < -0.3 is 0 Å². The molecule has 0 aromatic heterocycles. The van der Waals surface area contributed by atoms with Crippen molar-refractivity contribution in [1.82, 2.24) is 4.90 Å². The molecule has 1 aliphatic carbocycles. The maximum atomic E-state index is 8.71. The van der Waals surface area contributed by atoms with Crippen molar-refractivity contribution >= 4 is 0 Å². The van der Waals surface area contributed by atoms with Gasteiger partial charge in [0.15, 0.2) is 0 Å². The van der Waals surface area contributed by atoms with Crippen molar-refractivity contribution in [3.63, 3.8) is 0 Å². The predicted octanol–water partition coefficient (Wildman–Crippen LogP) is 0.993. The SMILES string of the molecule is CN1C(C#N)CCC2CC21. The molecule has 1 aliphatic heterocycles. The second kappa shape index (κ2) is 1.96. The standard InChI is InChI=1S/C8H12N2/c1-10-7(5-9)3-2-6-4-8(6)10/h6-8H,2-4H2,1H3. The van der Waals surface area contributed by atoms with E-state index in [2.05, 4.69) is 18.0 Å². The Balaban J connectivity index is 2.05. The van der Waals surface area contributed by atoms with Gasteiger partial charge in [-0.2, -0.15) is 5.26 Å². The first-order valence-electron chi connectivity index (χ1n) is 3.94. The van der Waals surface area contributed by atoms with Gasteiger partial charge in [0.1, 0.15) is 0 Å². The molecule has 0 aromatic carbocycles. The van der Waals surface area contributed by atoms with Crippen LogP contribution in [0.15, 0.2) is 0 Å². The molecule has 0 bridgehead atoms. The highest BCUT2D eigenvalue weighted by molar-refractivity contribution is 5.06. The van der Waals surface area contributed by atoms with Crippen molar-refractivity contribution in [2.45, 2.75) is 31.3 Å². The average molecular weight is 136 g/mol. The van der Waals surface area contributed by atoms with Crippen LogP contribution in [0, 0.1) is 17.2 Å². The summed E-state index contributed by atoms with van der Waals surface area (Å²) in [4.78, 5) is 2.24. The van der Waals surface area contributed by atoms with Crippen LogP contribution < -0.4 is 0 Å². The highest BCUT2D eigenvalue weighted by atomic mass is 15.2. The molecule has 3 unspecified atom stereocenters. The highest BCUT2D eigenvalue weighted by Gasteiger charge is 2.45. The fourth-order valence-electron chi connectivity index (χ4n) is 2.00. The van der Waals surface area contributed by atoms with Gasteiger partial charge in [0.2, 0.25) is 0 Å². The molecule has 3 atom stereocenters. The summed E-state index contributed by atoms with van der Waals surface area (Å²) in [5, 5.41) is 8.71. The van der Waals surface area contributed by atoms with Crippen LogP contribution in [0.25, 0.3) is 0 Å². The minimum atomic E-state index is 0.212. The predicted molar refractivity (Wildman–Crippen MR) is 38.3 cm³/mol. The van der Waals surface area contributed by atoms with Crippen LogP contribution in [0.1, 0.15) is 19.3 Å². The number of nitriles is 1. The normalized spacial score (nSPS) is 45.8. The van der Waals surface area contributed by atoms with Gasteiger partial charge in [-0.25, -0.2) is 0 Å². The third-order valence-electron chi connectivity index (χ3n) is 2.86. The zero-order valence-electron chi connectivity index (χ0n) is 6.25. The monoisotopic (exact) mass is 136 g/mol. The summed E-state index contributed by atoms with van der Waals surface area (Å²) in [5.41, 5.74) is 0. The van der Waals surface area contributed by atoms with Crippen molar-refractivity contribution in [2.24, 2.45) is 5.92 Å². The van der Waals surface area contributed by atoms with E-state index in [4.69, 9.17) is 5.26 Å². The molecule has 0 radical (unpaired) electrons. The van der Waals surface area contributed by atoms with E-state index in [-0.39, 0.29) is 6.04 Å². The molecule has 2 aliphatic rings. The zero-order valence-corrected chi connectivity index (χ0v) is 6.25. The van der Waals surface area contributed by atoms with E-state index in [1.54, 1.807) is 0 Å². The lowest BCUT2D eigenvalue weighted by Gasteiger charge is -2.26. The number of nitrogens with zero attached hydrogens (tertiary/aromatic N) is 2. The van der Waals surface area contributed by atoms with Gasteiger partial charge in [-0.1, -0.05) is 0 Å². The molecule has 1 saturated heterocycles. The van der Waals surface area contributed by atoms with Crippen LogP contribution in [0.2, 0.25) is 0 Å². The summed E-state index contributed by atoms with van der Waals surface area (Å²) in [6.45, 7) is 0.